The lowest BCUT2D eigenvalue weighted by Crippen LogP contribution is -1.84. The van der Waals surface area contributed by atoms with Gasteiger partial charge < -0.3 is 4.98 Å². The largest absolute Gasteiger partial charge is 0.362 e. The molecule has 0 amide bonds. The Bertz CT molecular complexity index is 431. The van der Waals surface area contributed by atoms with E-state index in [9.17, 15) is 0 Å². The van der Waals surface area contributed by atoms with E-state index in [1.807, 2.05) is 6.20 Å². The first-order valence-electron chi connectivity index (χ1n) is 13.2. The van der Waals surface area contributed by atoms with Crippen LogP contribution in [-0.2, 0) is 0 Å². The fourth-order valence-corrected chi connectivity index (χ4v) is 4.18. The first-order chi connectivity index (χ1) is 14.4. The Kier molecular flexibility index (Phi) is 19.5. The smallest absolute Gasteiger partial charge is 0.0377 e. The molecule has 1 rings (SSSR count). The van der Waals surface area contributed by atoms with Crippen molar-refractivity contribution in [3.8, 4) is 0 Å². The Labute approximate surface area is 183 Å². The topological polar surface area (TPSA) is 15.8 Å². The molecule has 0 aliphatic carbocycles. The molecule has 0 bridgehead atoms. The van der Waals surface area contributed by atoms with Crippen LogP contribution < -0.4 is 0 Å². The van der Waals surface area contributed by atoms with Gasteiger partial charge in [0, 0.05) is 11.9 Å². The maximum Gasteiger partial charge on any atom is 0.0377 e. The Morgan fingerprint density at radius 1 is 0.586 bits per heavy atom. The van der Waals surface area contributed by atoms with Gasteiger partial charge in [0.25, 0.3) is 0 Å². The highest BCUT2D eigenvalue weighted by Crippen LogP contribution is 2.15. The van der Waals surface area contributed by atoms with E-state index in [2.05, 4.69) is 36.2 Å². The van der Waals surface area contributed by atoms with Crippen molar-refractivity contribution in [3.63, 3.8) is 0 Å². The molecule has 1 aromatic heterocycles. The standard InChI is InChI=1S/C28H51N/c1-2-3-4-5-6-7-8-9-10-11-12-13-14-15-16-17-18-19-20-21-22-23-25-28-26-24-27-29-28/h23-27,29H,2-22H2,1H3/b25-23+. The van der Waals surface area contributed by atoms with Crippen LogP contribution in [0.2, 0.25) is 0 Å². The lowest BCUT2D eigenvalue weighted by Gasteiger charge is -2.04. The highest BCUT2D eigenvalue weighted by molar-refractivity contribution is 5.43. The number of rotatable bonds is 22. The summed E-state index contributed by atoms with van der Waals surface area (Å²) >= 11 is 0. The molecule has 0 fully saturated rings. The van der Waals surface area contributed by atoms with Gasteiger partial charge >= 0.3 is 0 Å². The Balaban J connectivity index is 1.66. The molecule has 1 heteroatoms. The monoisotopic (exact) mass is 401 g/mol. The van der Waals surface area contributed by atoms with E-state index in [0.29, 0.717) is 0 Å². The number of aromatic nitrogens is 1. The summed E-state index contributed by atoms with van der Waals surface area (Å²) in [5.74, 6) is 0. The van der Waals surface area contributed by atoms with Gasteiger partial charge in [-0.15, -0.1) is 0 Å². The summed E-state index contributed by atoms with van der Waals surface area (Å²) in [6.07, 6.45) is 36.8. The quantitative estimate of drug-likeness (QED) is 0.186. The van der Waals surface area contributed by atoms with Crippen LogP contribution in [-0.4, -0.2) is 4.98 Å². The van der Waals surface area contributed by atoms with Gasteiger partial charge in [0.05, 0.1) is 0 Å². The first-order valence-corrected chi connectivity index (χ1v) is 13.2. The van der Waals surface area contributed by atoms with Crippen LogP contribution in [0, 0.1) is 0 Å². The van der Waals surface area contributed by atoms with E-state index >= 15 is 0 Å². The molecule has 1 aromatic rings. The van der Waals surface area contributed by atoms with Crippen molar-refractivity contribution in [1.29, 1.82) is 0 Å². The fraction of sp³-hybridized carbons (Fsp3) is 0.786. The van der Waals surface area contributed by atoms with Crippen LogP contribution >= 0.6 is 0 Å². The van der Waals surface area contributed by atoms with E-state index in [0.717, 1.165) is 0 Å². The van der Waals surface area contributed by atoms with Crippen LogP contribution in [0.4, 0.5) is 0 Å². The molecule has 0 radical (unpaired) electrons. The number of hydrogen-bond acceptors (Lipinski definition) is 0. The van der Waals surface area contributed by atoms with Gasteiger partial charge in [-0.25, -0.2) is 0 Å². The fourth-order valence-electron chi connectivity index (χ4n) is 4.18. The average molecular weight is 402 g/mol. The second kappa shape index (κ2) is 21.7. The SMILES string of the molecule is CCCCCCCCCCCCCCCCCCCCCC/C=C/c1ccc[nH]1. The molecule has 0 aliphatic rings. The Morgan fingerprint density at radius 2 is 1.00 bits per heavy atom. The first kappa shape index (κ1) is 26.1. The Morgan fingerprint density at radius 3 is 1.38 bits per heavy atom. The molecule has 0 saturated carbocycles. The molecule has 0 saturated heterocycles. The van der Waals surface area contributed by atoms with Crippen molar-refractivity contribution in [2.75, 3.05) is 0 Å². The molecule has 1 nitrogen and oxygen atoms in total. The molecule has 29 heavy (non-hydrogen) atoms. The van der Waals surface area contributed by atoms with Gasteiger partial charge in [-0.05, 0) is 31.1 Å². The van der Waals surface area contributed by atoms with E-state index in [1.165, 1.54) is 141 Å². The minimum atomic E-state index is 1.22. The van der Waals surface area contributed by atoms with E-state index < -0.39 is 0 Å². The number of nitrogens with one attached hydrogen (secondary N) is 1. The summed E-state index contributed by atoms with van der Waals surface area (Å²) in [5, 5.41) is 0. The molecule has 0 unspecified atom stereocenters. The number of aromatic amines is 1. The number of allylic oxidation sites excluding steroid dienone is 1. The van der Waals surface area contributed by atoms with Crippen molar-refractivity contribution in [3.05, 3.63) is 30.1 Å². The van der Waals surface area contributed by atoms with E-state index in [1.54, 1.807) is 0 Å². The number of hydrogen-bond donors (Lipinski definition) is 1. The van der Waals surface area contributed by atoms with Gasteiger partial charge in [-0.1, -0.05) is 135 Å². The average Bonchev–Trinajstić information content (AvgIpc) is 3.25. The van der Waals surface area contributed by atoms with Crippen molar-refractivity contribution in [2.45, 2.75) is 142 Å². The van der Waals surface area contributed by atoms with Crippen LogP contribution in [0.1, 0.15) is 147 Å². The zero-order valence-corrected chi connectivity index (χ0v) is 19.7. The zero-order valence-electron chi connectivity index (χ0n) is 19.7. The molecule has 1 heterocycles. The third-order valence-electron chi connectivity index (χ3n) is 6.14. The summed E-state index contributed by atoms with van der Waals surface area (Å²) in [7, 11) is 0. The highest BCUT2D eigenvalue weighted by atomic mass is 14.7. The normalized spacial score (nSPS) is 11.6. The van der Waals surface area contributed by atoms with Crippen molar-refractivity contribution in [2.24, 2.45) is 0 Å². The van der Waals surface area contributed by atoms with Gasteiger partial charge in [0.1, 0.15) is 0 Å². The highest BCUT2D eigenvalue weighted by Gasteiger charge is 1.95. The summed E-state index contributed by atoms with van der Waals surface area (Å²) in [5.41, 5.74) is 1.22. The third kappa shape index (κ3) is 18.8. The molecule has 0 spiro atoms. The lowest BCUT2D eigenvalue weighted by molar-refractivity contribution is 0.522. The minimum absolute atomic E-state index is 1.22. The van der Waals surface area contributed by atoms with Crippen LogP contribution in [0.25, 0.3) is 6.08 Å². The van der Waals surface area contributed by atoms with Gasteiger partial charge in [-0.3, -0.25) is 0 Å². The second-order valence-corrected chi connectivity index (χ2v) is 9.03. The summed E-state index contributed by atoms with van der Waals surface area (Å²) in [6, 6.07) is 4.17. The summed E-state index contributed by atoms with van der Waals surface area (Å²) in [4.78, 5) is 3.21. The van der Waals surface area contributed by atoms with Crippen molar-refractivity contribution in [1.82, 2.24) is 4.98 Å². The number of unbranched alkanes of at least 4 members (excludes halogenated alkanes) is 20. The van der Waals surface area contributed by atoms with Crippen LogP contribution in [0.5, 0.6) is 0 Å². The summed E-state index contributed by atoms with van der Waals surface area (Å²) < 4.78 is 0. The van der Waals surface area contributed by atoms with Gasteiger partial charge in [0.15, 0.2) is 0 Å². The molecular formula is C28H51N. The Hall–Kier alpha value is -0.980. The van der Waals surface area contributed by atoms with Crippen molar-refractivity contribution >= 4 is 6.08 Å². The predicted molar refractivity (Wildman–Crippen MR) is 132 cm³/mol. The zero-order chi connectivity index (χ0) is 20.7. The molecule has 0 aliphatic heterocycles. The van der Waals surface area contributed by atoms with E-state index in [4.69, 9.17) is 0 Å². The predicted octanol–water partition coefficient (Wildman–Crippen LogP) is 10.2. The van der Waals surface area contributed by atoms with Gasteiger partial charge in [-0.2, -0.15) is 0 Å². The van der Waals surface area contributed by atoms with Crippen LogP contribution in [0.15, 0.2) is 24.4 Å². The van der Waals surface area contributed by atoms with Crippen molar-refractivity contribution < 1.29 is 0 Å². The minimum Gasteiger partial charge on any atom is -0.362 e. The molecule has 0 aromatic carbocycles. The molecule has 0 atom stereocenters. The van der Waals surface area contributed by atoms with Gasteiger partial charge in [0.2, 0.25) is 0 Å². The van der Waals surface area contributed by atoms with Crippen LogP contribution in [0.3, 0.4) is 0 Å². The second-order valence-electron chi connectivity index (χ2n) is 9.03. The maximum absolute atomic E-state index is 3.21. The molecule has 1 N–H and O–H groups in total. The third-order valence-corrected chi connectivity index (χ3v) is 6.14. The number of H-pyrrole nitrogens is 1. The lowest BCUT2D eigenvalue weighted by atomic mass is 10.0. The molecule has 168 valence electrons. The summed E-state index contributed by atoms with van der Waals surface area (Å²) in [6.45, 7) is 2.30. The molecular weight excluding hydrogens is 350 g/mol. The maximum atomic E-state index is 3.21. The van der Waals surface area contributed by atoms with E-state index in [-0.39, 0.29) is 0 Å².